The number of rotatable bonds is 5. The van der Waals surface area contributed by atoms with Crippen LogP contribution in [0.15, 0.2) is 29.2 Å². The van der Waals surface area contributed by atoms with Crippen molar-refractivity contribution in [3.63, 3.8) is 0 Å². The molecule has 0 spiro atoms. The monoisotopic (exact) mass is 348 g/mol. The van der Waals surface area contributed by atoms with E-state index in [0.717, 1.165) is 36.8 Å². The van der Waals surface area contributed by atoms with Crippen molar-refractivity contribution in [2.45, 2.75) is 50.3 Å². The number of thioether (sulfide) groups is 1. The molecule has 6 heteroatoms. The van der Waals surface area contributed by atoms with Gasteiger partial charge in [-0.25, -0.2) is 4.68 Å². The molecule has 0 N–H and O–H groups in total. The molecule has 23 heavy (non-hydrogen) atoms. The van der Waals surface area contributed by atoms with Gasteiger partial charge in [-0.05, 0) is 56.1 Å². The minimum Gasteiger partial charge on any atom is -0.304 e. The van der Waals surface area contributed by atoms with Crippen LogP contribution >= 0.6 is 24.0 Å². The first-order chi connectivity index (χ1) is 11.2. The molecule has 0 fully saturated rings. The lowest BCUT2D eigenvalue weighted by atomic mass is 10.2. The Labute approximate surface area is 147 Å². The Morgan fingerprint density at radius 2 is 2.00 bits per heavy atom. The number of hydrogen-bond acceptors (Lipinski definition) is 4. The molecule has 2 heterocycles. The molecule has 0 saturated carbocycles. The van der Waals surface area contributed by atoms with Gasteiger partial charge in [-0.2, -0.15) is 5.10 Å². The zero-order chi connectivity index (χ0) is 16.2. The summed E-state index contributed by atoms with van der Waals surface area (Å²) in [5.41, 5.74) is 1.32. The van der Waals surface area contributed by atoms with Crippen molar-refractivity contribution >= 4 is 24.0 Å². The van der Waals surface area contributed by atoms with Crippen LogP contribution < -0.4 is 0 Å². The third-order valence-corrected chi connectivity index (χ3v) is 5.44. The fourth-order valence-electron chi connectivity index (χ4n) is 3.04. The molecule has 0 saturated heterocycles. The minimum absolute atomic E-state index is 0.739. The van der Waals surface area contributed by atoms with Crippen molar-refractivity contribution in [2.24, 2.45) is 0 Å². The summed E-state index contributed by atoms with van der Waals surface area (Å²) in [5, 5.41) is 4.75. The molecule has 124 valence electrons. The maximum absolute atomic E-state index is 5.62. The van der Waals surface area contributed by atoms with E-state index in [1.807, 2.05) is 4.68 Å². The summed E-state index contributed by atoms with van der Waals surface area (Å²) in [7, 11) is 2.12. The minimum atomic E-state index is 0.739. The topological polar surface area (TPSA) is 26.0 Å². The number of hydrogen-bond donors (Lipinski definition) is 0. The highest BCUT2D eigenvalue weighted by molar-refractivity contribution is 7.98. The summed E-state index contributed by atoms with van der Waals surface area (Å²) in [6.07, 6.45) is 6.88. The lowest BCUT2D eigenvalue weighted by Crippen LogP contribution is -2.22. The van der Waals surface area contributed by atoms with Gasteiger partial charge in [-0.15, -0.1) is 11.8 Å². The van der Waals surface area contributed by atoms with Crippen LogP contribution in [0.1, 0.15) is 30.7 Å². The van der Waals surface area contributed by atoms with E-state index in [9.17, 15) is 0 Å². The maximum Gasteiger partial charge on any atom is 0.199 e. The lowest BCUT2D eigenvalue weighted by Gasteiger charge is -2.16. The van der Waals surface area contributed by atoms with E-state index in [0.29, 0.717) is 0 Å². The average Bonchev–Trinajstić information content (AvgIpc) is 2.73. The summed E-state index contributed by atoms with van der Waals surface area (Å²) in [6.45, 7) is 2.66. The number of aryl methyl sites for hydroxylation is 1. The Hall–Kier alpha value is -1.11. The molecule has 1 aromatic carbocycles. The van der Waals surface area contributed by atoms with Crippen LogP contribution in [-0.4, -0.2) is 32.6 Å². The van der Waals surface area contributed by atoms with E-state index in [-0.39, 0.29) is 0 Å². The standard InChI is InChI=1S/C17H24N4S2/c1-19(12-14-7-9-15(23-2)10-8-14)13-21-17(22)20-11-5-3-4-6-16(20)18-21/h7-10H,3-6,11-13H2,1-2H3. The number of nitrogens with zero attached hydrogens (tertiary/aromatic N) is 4. The van der Waals surface area contributed by atoms with E-state index in [1.54, 1.807) is 11.8 Å². The second-order valence-electron chi connectivity index (χ2n) is 6.16. The summed E-state index contributed by atoms with van der Waals surface area (Å²) in [5.74, 6) is 1.16. The number of benzene rings is 1. The van der Waals surface area contributed by atoms with Crippen LogP contribution in [0.3, 0.4) is 0 Å². The van der Waals surface area contributed by atoms with Gasteiger partial charge in [-0.3, -0.25) is 4.90 Å². The van der Waals surface area contributed by atoms with Crippen LogP contribution in [-0.2, 0) is 26.2 Å². The van der Waals surface area contributed by atoms with Gasteiger partial charge in [0.25, 0.3) is 0 Å². The van der Waals surface area contributed by atoms with Crippen LogP contribution in [0.4, 0.5) is 0 Å². The second kappa shape index (κ2) is 7.64. The molecule has 3 rings (SSSR count). The lowest BCUT2D eigenvalue weighted by molar-refractivity contribution is 0.243. The molecule has 1 aliphatic rings. The van der Waals surface area contributed by atoms with Gasteiger partial charge in [-0.1, -0.05) is 18.6 Å². The first-order valence-electron chi connectivity index (χ1n) is 8.15. The Balaban J connectivity index is 1.67. The summed E-state index contributed by atoms with van der Waals surface area (Å²) in [4.78, 5) is 3.56. The Morgan fingerprint density at radius 1 is 1.22 bits per heavy atom. The van der Waals surface area contributed by atoms with Crippen molar-refractivity contribution in [3.8, 4) is 0 Å². The Kier molecular flexibility index (Phi) is 5.56. The van der Waals surface area contributed by atoms with Gasteiger partial charge in [0.05, 0.1) is 6.67 Å². The van der Waals surface area contributed by atoms with Gasteiger partial charge in [0.15, 0.2) is 4.77 Å². The molecule has 1 aliphatic heterocycles. The summed E-state index contributed by atoms with van der Waals surface area (Å²) < 4.78 is 5.07. The normalized spacial score (nSPS) is 14.7. The number of fused-ring (bicyclic) bond motifs is 1. The summed E-state index contributed by atoms with van der Waals surface area (Å²) in [6, 6.07) is 8.75. The highest BCUT2D eigenvalue weighted by Gasteiger charge is 2.14. The molecule has 4 nitrogen and oxygen atoms in total. The average molecular weight is 349 g/mol. The molecule has 0 bridgehead atoms. The number of aromatic nitrogens is 3. The molecule has 0 unspecified atom stereocenters. The largest absolute Gasteiger partial charge is 0.304 e. The predicted octanol–water partition coefficient (Wildman–Crippen LogP) is 3.95. The molecule has 1 aromatic heterocycles. The third-order valence-electron chi connectivity index (χ3n) is 4.27. The van der Waals surface area contributed by atoms with Crippen molar-refractivity contribution in [3.05, 3.63) is 40.4 Å². The van der Waals surface area contributed by atoms with Crippen LogP contribution in [0, 0.1) is 4.77 Å². The molecule has 0 amide bonds. The molecular formula is C17H24N4S2. The SMILES string of the molecule is CSc1ccc(CN(C)Cn2nc3n(c2=S)CCCCC3)cc1. The van der Waals surface area contributed by atoms with E-state index < -0.39 is 0 Å². The van der Waals surface area contributed by atoms with Gasteiger partial charge in [0, 0.05) is 24.4 Å². The molecular weight excluding hydrogens is 324 g/mol. The smallest absolute Gasteiger partial charge is 0.199 e. The highest BCUT2D eigenvalue weighted by atomic mass is 32.2. The van der Waals surface area contributed by atoms with E-state index in [4.69, 9.17) is 17.3 Å². The molecule has 0 atom stereocenters. The Morgan fingerprint density at radius 3 is 2.74 bits per heavy atom. The first-order valence-corrected chi connectivity index (χ1v) is 9.78. The van der Waals surface area contributed by atoms with Gasteiger partial charge < -0.3 is 4.57 Å². The van der Waals surface area contributed by atoms with Crippen molar-refractivity contribution < 1.29 is 0 Å². The van der Waals surface area contributed by atoms with E-state index in [2.05, 4.69) is 47.0 Å². The summed E-state index contributed by atoms with van der Waals surface area (Å²) >= 11 is 7.40. The van der Waals surface area contributed by atoms with E-state index in [1.165, 1.54) is 29.7 Å². The predicted molar refractivity (Wildman–Crippen MR) is 98.3 cm³/mol. The van der Waals surface area contributed by atoms with Crippen molar-refractivity contribution in [1.82, 2.24) is 19.2 Å². The van der Waals surface area contributed by atoms with Gasteiger partial charge in [0.1, 0.15) is 5.82 Å². The van der Waals surface area contributed by atoms with Crippen LogP contribution in [0.5, 0.6) is 0 Å². The fourth-order valence-corrected chi connectivity index (χ4v) is 3.74. The molecule has 0 radical (unpaired) electrons. The fraction of sp³-hybridized carbons (Fsp3) is 0.529. The van der Waals surface area contributed by atoms with Crippen LogP contribution in [0.25, 0.3) is 0 Å². The van der Waals surface area contributed by atoms with Crippen molar-refractivity contribution in [1.29, 1.82) is 0 Å². The highest BCUT2D eigenvalue weighted by Crippen LogP contribution is 2.17. The van der Waals surface area contributed by atoms with Crippen LogP contribution in [0.2, 0.25) is 0 Å². The zero-order valence-corrected chi connectivity index (χ0v) is 15.5. The van der Waals surface area contributed by atoms with E-state index >= 15 is 0 Å². The Bertz CT molecular complexity index is 702. The second-order valence-corrected chi connectivity index (χ2v) is 7.41. The first kappa shape index (κ1) is 16.7. The zero-order valence-electron chi connectivity index (χ0n) is 13.9. The van der Waals surface area contributed by atoms with Gasteiger partial charge >= 0.3 is 0 Å². The molecule has 0 aliphatic carbocycles. The maximum atomic E-state index is 5.62. The quantitative estimate of drug-likeness (QED) is 0.604. The van der Waals surface area contributed by atoms with Crippen molar-refractivity contribution in [2.75, 3.05) is 13.3 Å². The van der Waals surface area contributed by atoms with Gasteiger partial charge in [0.2, 0.25) is 0 Å². The third kappa shape index (κ3) is 4.05. The molecule has 2 aromatic rings.